The topological polar surface area (TPSA) is 106 Å². The first-order chi connectivity index (χ1) is 17.5. The van der Waals surface area contributed by atoms with Gasteiger partial charge in [-0.1, -0.05) is 30.4 Å². The fourth-order valence-corrected chi connectivity index (χ4v) is 4.41. The molecule has 0 unspecified atom stereocenters. The third-order valence-corrected chi connectivity index (χ3v) is 6.16. The number of hydrogen-bond acceptors (Lipinski definition) is 6. The van der Waals surface area contributed by atoms with Crippen LogP contribution in [0, 0.1) is 11.7 Å². The Bertz CT molecular complexity index is 1640. The summed E-state index contributed by atoms with van der Waals surface area (Å²) in [5.74, 6) is -1.28. The minimum Gasteiger partial charge on any atom is -0.507 e. The van der Waals surface area contributed by atoms with Crippen molar-refractivity contribution in [2.45, 2.75) is 6.04 Å². The molecule has 5 rings (SSSR count). The maximum Gasteiger partial charge on any atom is 0.314 e. The zero-order chi connectivity index (χ0) is 25.4. The van der Waals surface area contributed by atoms with Gasteiger partial charge in [0.2, 0.25) is 0 Å². The number of allylic oxidation sites excluding steroid dienone is 1. The number of rotatable bonds is 7. The van der Waals surface area contributed by atoms with Crippen LogP contribution in [-0.2, 0) is 9.53 Å². The molecule has 0 radical (unpaired) electrons. The van der Waals surface area contributed by atoms with Gasteiger partial charge in [-0.3, -0.25) is 4.79 Å². The van der Waals surface area contributed by atoms with Crippen LogP contribution in [-0.4, -0.2) is 42.7 Å². The summed E-state index contributed by atoms with van der Waals surface area (Å²) in [6, 6.07) is 7.69. The van der Waals surface area contributed by atoms with E-state index in [-0.39, 0.29) is 5.75 Å². The van der Waals surface area contributed by atoms with E-state index in [4.69, 9.17) is 9.72 Å². The first-order valence-corrected chi connectivity index (χ1v) is 11.1. The molecule has 0 bridgehead atoms. The van der Waals surface area contributed by atoms with Crippen LogP contribution in [0.25, 0.3) is 44.6 Å². The van der Waals surface area contributed by atoms with E-state index in [2.05, 4.69) is 28.1 Å². The summed E-state index contributed by atoms with van der Waals surface area (Å²) in [6.07, 6.45) is 9.35. The molecule has 0 saturated heterocycles. The number of carbonyl (C=O) groups excluding carboxylic acids is 1. The van der Waals surface area contributed by atoms with Crippen molar-refractivity contribution in [1.82, 2.24) is 24.5 Å². The maximum absolute atomic E-state index is 13.9. The number of nitrogens with zero attached hydrogens (tertiary/aromatic N) is 4. The summed E-state index contributed by atoms with van der Waals surface area (Å²) < 4.78 is 20.7. The molecule has 8 nitrogen and oxygen atoms in total. The molecule has 9 heteroatoms. The summed E-state index contributed by atoms with van der Waals surface area (Å²) in [7, 11) is 1.31. The van der Waals surface area contributed by atoms with Crippen molar-refractivity contribution in [2.24, 2.45) is 5.92 Å². The van der Waals surface area contributed by atoms with Gasteiger partial charge in [-0.2, -0.15) is 0 Å². The van der Waals surface area contributed by atoms with Crippen LogP contribution in [0.4, 0.5) is 4.39 Å². The molecule has 5 aromatic rings. The van der Waals surface area contributed by atoms with Gasteiger partial charge in [-0.25, -0.2) is 19.3 Å². The molecule has 0 saturated carbocycles. The maximum atomic E-state index is 13.9. The van der Waals surface area contributed by atoms with E-state index in [1.807, 2.05) is 6.07 Å². The number of aromatic amines is 1. The Hall–Kier alpha value is -4.79. The monoisotopic (exact) mass is 483 g/mol. The number of nitrogens with one attached hydrogen (secondary N) is 1. The van der Waals surface area contributed by atoms with Gasteiger partial charge in [0.1, 0.15) is 22.9 Å². The SMILES string of the molecule is C=C[C@H]([C@@H](C=C)C(=O)OC)n1cc(-c2ccccc2O)c2cnc(-c3c[nH]c4ncc(F)cc34)nc21. The first kappa shape index (κ1) is 23.0. The van der Waals surface area contributed by atoms with E-state index in [9.17, 15) is 14.3 Å². The van der Waals surface area contributed by atoms with Crippen molar-refractivity contribution in [3.05, 3.63) is 86.2 Å². The lowest BCUT2D eigenvalue weighted by atomic mass is 10.00. The average Bonchev–Trinajstić information content (AvgIpc) is 3.48. The molecule has 2 N–H and O–H groups in total. The summed E-state index contributed by atoms with van der Waals surface area (Å²) in [6.45, 7) is 7.73. The number of phenolic OH excluding ortho intramolecular Hbond substituents is 1. The number of esters is 1. The number of fused-ring (bicyclic) bond motifs is 2. The Labute approximate surface area is 205 Å². The molecule has 180 valence electrons. The van der Waals surface area contributed by atoms with E-state index < -0.39 is 23.7 Å². The van der Waals surface area contributed by atoms with Crippen molar-refractivity contribution in [2.75, 3.05) is 7.11 Å². The van der Waals surface area contributed by atoms with Crippen molar-refractivity contribution >= 4 is 28.0 Å². The van der Waals surface area contributed by atoms with E-state index in [1.54, 1.807) is 47.4 Å². The van der Waals surface area contributed by atoms with Crippen molar-refractivity contribution in [3.8, 4) is 28.3 Å². The van der Waals surface area contributed by atoms with E-state index in [0.717, 1.165) is 6.20 Å². The number of phenols is 1. The van der Waals surface area contributed by atoms with Gasteiger partial charge >= 0.3 is 5.97 Å². The van der Waals surface area contributed by atoms with Gasteiger partial charge < -0.3 is 19.4 Å². The second-order valence-electron chi connectivity index (χ2n) is 8.16. The molecular formula is C27H22FN5O3. The van der Waals surface area contributed by atoms with Crippen molar-refractivity contribution in [3.63, 3.8) is 0 Å². The Morgan fingerprint density at radius 3 is 2.67 bits per heavy atom. The zero-order valence-corrected chi connectivity index (χ0v) is 19.4. The minimum atomic E-state index is -0.745. The van der Waals surface area contributed by atoms with E-state index in [1.165, 1.54) is 19.3 Å². The smallest absolute Gasteiger partial charge is 0.314 e. The Balaban J connectivity index is 1.78. The lowest BCUT2D eigenvalue weighted by Gasteiger charge is -2.21. The van der Waals surface area contributed by atoms with Crippen LogP contribution < -0.4 is 0 Å². The van der Waals surface area contributed by atoms with Crippen LogP contribution in [0.2, 0.25) is 0 Å². The minimum absolute atomic E-state index is 0.0854. The Morgan fingerprint density at radius 2 is 1.94 bits per heavy atom. The second kappa shape index (κ2) is 9.10. The number of methoxy groups -OCH3 is 1. The highest BCUT2D eigenvalue weighted by atomic mass is 19.1. The van der Waals surface area contributed by atoms with Gasteiger partial charge in [-0.05, 0) is 12.1 Å². The van der Waals surface area contributed by atoms with Crippen LogP contribution in [0.15, 0.2) is 80.4 Å². The fraction of sp³-hybridized carbons (Fsp3) is 0.111. The van der Waals surface area contributed by atoms with Crippen LogP contribution in [0.5, 0.6) is 5.75 Å². The summed E-state index contributed by atoms with van der Waals surface area (Å²) in [5, 5.41) is 11.7. The second-order valence-corrected chi connectivity index (χ2v) is 8.16. The van der Waals surface area contributed by atoms with Crippen molar-refractivity contribution < 1.29 is 19.0 Å². The molecular weight excluding hydrogens is 461 g/mol. The number of halogens is 1. The molecule has 0 aliphatic carbocycles. The quantitative estimate of drug-likeness (QED) is 0.244. The van der Waals surface area contributed by atoms with Crippen molar-refractivity contribution in [1.29, 1.82) is 0 Å². The van der Waals surface area contributed by atoms with Crippen LogP contribution in [0.3, 0.4) is 0 Å². The lowest BCUT2D eigenvalue weighted by molar-refractivity contribution is -0.144. The van der Waals surface area contributed by atoms with Gasteiger partial charge in [0.05, 0.1) is 25.3 Å². The molecule has 0 spiro atoms. The predicted octanol–water partition coefficient (Wildman–Crippen LogP) is 5.19. The highest BCUT2D eigenvalue weighted by Gasteiger charge is 2.29. The van der Waals surface area contributed by atoms with Gasteiger partial charge in [0.15, 0.2) is 5.82 Å². The average molecular weight is 484 g/mol. The highest BCUT2D eigenvalue weighted by molar-refractivity contribution is 5.97. The summed E-state index contributed by atoms with van der Waals surface area (Å²) in [5.41, 5.74) is 2.80. The van der Waals surface area contributed by atoms with Crippen LogP contribution >= 0.6 is 0 Å². The lowest BCUT2D eigenvalue weighted by Crippen LogP contribution is -2.24. The highest BCUT2D eigenvalue weighted by Crippen LogP contribution is 2.39. The largest absolute Gasteiger partial charge is 0.507 e. The number of para-hydroxylation sites is 1. The third-order valence-electron chi connectivity index (χ3n) is 6.16. The fourth-order valence-electron chi connectivity index (χ4n) is 4.41. The molecule has 0 aliphatic rings. The summed E-state index contributed by atoms with van der Waals surface area (Å²) >= 11 is 0. The molecule has 4 heterocycles. The molecule has 0 amide bonds. The van der Waals surface area contributed by atoms with E-state index in [0.29, 0.717) is 44.6 Å². The predicted molar refractivity (Wildman–Crippen MR) is 135 cm³/mol. The number of H-pyrrole nitrogens is 1. The Kier molecular flexibility index (Phi) is 5.81. The first-order valence-electron chi connectivity index (χ1n) is 11.1. The number of ether oxygens (including phenoxy) is 1. The number of hydrogen-bond donors (Lipinski definition) is 2. The molecule has 4 aromatic heterocycles. The third kappa shape index (κ3) is 3.70. The van der Waals surface area contributed by atoms with Gasteiger partial charge in [-0.15, -0.1) is 13.2 Å². The normalized spacial score (nSPS) is 12.9. The van der Waals surface area contributed by atoms with Gasteiger partial charge in [0, 0.05) is 46.1 Å². The van der Waals surface area contributed by atoms with E-state index >= 15 is 0 Å². The Morgan fingerprint density at radius 1 is 1.14 bits per heavy atom. The van der Waals surface area contributed by atoms with Gasteiger partial charge in [0.25, 0.3) is 0 Å². The molecule has 2 atom stereocenters. The number of carbonyl (C=O) groups is 1. The zero-order valence-electron chi connectivity index (χ0n) is 19.4. The molecule has 36 heavy (non-hydrogen) atoms. The summed E-state index contributed by atoms with van der Waals surface area (Å²) in [4.78, 5) is 29.0. The molecule has 0 aliphatic heterocycles. The standard InChI is InChI=1S/C27H22FN5O3/c1-4-16(27(35)36-3)22(5-2)33-14-21(17-8-6-7-9-23(17)34)20-13-31-25(32-26(20)33)19-12-30-24-18(19)10-15(28)11-29-24/h4-14,16,22,34H,1-2H2,3H3,(H,29,30)/t16-,22-/m1/s1. The number of pyridine rings is 1. The number of benzene rings is 1. The molecule has 1 aromatic carbocycles. The number of aromatic hydroxyl groups is 1. The molecule has 0 fully saturated rings. The number of aromatic nitrogens is 5. The van der Waals surface area contributed by atoms with Crippen LogP contribution in [0.1, 0.15) is 6.04 Å².